The van der Waals surface area contributed by atoms with Crippen molar-refractivity contribution in [1.29, 1.82) is 0 Å². The highest BCUT2D eigenvalue weighted by Crippen LogP contribution is 2.47. The van der Waals surface area contributed by atoms with Gasteiger partial charge < -0.3 is 14.2 Å². The number of methoxy groups -OCH3 is 2. The van der Waals surface area contributed by atoms with E-state index in [9.17, 15) is 9.59 Å². The normalized spacial score (nSPS) is 11.7. The van der Waals surface area contributed by atoms with Crippen LogP contribution in [0.1, 0.15) is 20.7 Å². The Morgan fingerprint density at radius 2 is 1.32 bits per heavy atom. The van der Waals surface area contributed by atoms with Crippen LogP contribution in [0.4, 0.5) is 0 Å². The fourth-order valence-electron chi connectivity index (χ4n) is 2.07. The fourth-order valence-corrected chi connectivity index (χ4v) is 3.10. The number of rotatable bonds is 2. The van der Waals surface area contributed by atoms with E-state index in [2.05, 4.69) is 0 Å². The van der Waals surface area contributed by atoms with E-state index >= 15 is 0 Å². The molecule has 3 rings (SSSR count). The average molecular weight is 316 g/mol. The molecule has 0 spiro atoms. The van der Waals surface area contributed by atoms with Crippen molar-refractivity contribution >= 4 is 23.7 Å². The molecule has 0 saturated carbocycles. The van der Waals surface area contributed by atoms with Crippen LogP contribution in [0.15, 0.2) is 46.2 Å². The lowest BCUT2D eigenvalue weighted by Gasteiger charge is -2.20. The van der Waals surface area contributed by atoms with E-state index in [0.717, 1.165) is 9.79 Å². The Labute approximate surface area is 131 Å². The van der Waals surface area contributed by atoms with E-state index in [1.165, 1.54) is 26.0 Å². The molecule has 1 aliphatic heterocycles. The first kappa shape index (κ1) is 14.5. The van der Waals surface area contributed by atoms with Crippen LogP contribution in [0.25, 0.3) is 0 Å². The van der Waals surface area contributed by atoms with Gasteiger partial charge in [0.25, 0.3) is 0 Å². The Kier molecular flexibility index (Phi) is 3.77. The SMILES string of the molecule is COC(=O)c1ccc2c(c1)Sc1cc(C(=O)OC)ccc1O2. The van der Waals surface area contributed by atoms with E-state index < -0.39 is 11.9 Å². The number of ether oxygens (including phenoxy) is 3. The van der Waals surface area contributed by atoms with E-state index in [0.29, 0.717) is 22.6 Å². The highest BCUT2D eigenvalue weighted by Gasteiger charge is 2.21. The van der Waals surface area contributed by atoms with Gasteiger partial charge in [0.15, 0.2) is 0 Å². The van der Waals surface area contributed by atoms with Gasteiger partial charge in [0.2, 0.25) is 0 Å². The molecule has 0 aliphatic carbocycles. The van der Waals surface area contributed by atoms with Gasteiger partial charge in [-0.15, -0.1) is 0 Å². The topological polar surface area (TPSA) is 61.8 Å². The van der Waals surface area contributed by atoms with Gasteiger partial charge in [-0.2, -0.15) is 0 Å². The zero-order chi connectivity index (χ0) is 15.7. The molecule has 0 saturated heterocycles. The average Bonchev–Trinajstić information content (AvgIpc) is 2.57. The maximum atomic E-state index is 11.6. The Bertz CT molecular complexity index is 706. The van der Waals surface area contributed by atoms with Gasteiger partial charge in [-0.3, -0.25) is 0 Å². The molecule has 5 nitrogen and oxygen atoms in total. The molecule has 0 fully saturated rings. The molecule has 1 aliphatic rings. The third-order valence-corrected chi connectivity index (χ3v) is 4.25. The number of fused-ring (bicyclic) bond motifs is 2. The van der Waals surface area contributed by atoms with Crippen molar-refractivity contribution in [3.63, 3.8) is 0 Å². The van der Waals surface area contributed by atoms with Crippen LogP contribution in [-0.4, -0.2) is 26.2 Å². The maximum absolute atomic E-state index is 11.6. The second-order valence-electron chi connectivity index (χ2n) is 4.51. The fraction of sp³-hybridized carbons (Fsp3) is 0.125. The Morgan fingerprint density at radius 1 is 0.864 bits per heavy atom. The zero-order valence-corrected chi connectivity index (χ0v) is 12.7. The van der Waals surface area contributed by atoms with Crippen LogP contribution in [0, 0.1) is 0 Å². The molecule has 0 aromatic heterocycles. The molecule has 22 heavy (non-hydrogen) atoms. The second kappa shape index (κ2) is 5.73. The largest absolute Gasteiger partial charge is 0.465 e. The summed E-state index contributed by atoms with van der Waals surface area (Å²) < 4.78 is 15.2. The predicted molar refractivity (Wildman–Crippen MR) is 79.8 cm³/mol. The minimum Gasteiger partial charge on any atom is -0.465 e. The molecule has 0 N–H and O–H groups in total. The van der Waals surface area contributed by atoms with Gasteiger partial charge in [0.05, 0.1) is 35.1 Å². The first-order valence-electron chi connectivity index (χ1n) is 6.43. The highest BCUT2D eigenvalue weighted by atomic mass is 32.2. The molecule has 2 aromatic rings. The molecular formula is C16H12O5S. The summed E-state index contributed by atoms with van der Waals surface area (Å²) in [6.45, 7) is 0. The smallest absolute Gasteiger partial charge is 0.337 e. The van der Waals surface area contributed by atoms with Crippen LogP contribution >= 0.6 is 11.8 Å². The lowest BCUT2D eigenvalue weighted by atomic mass is 10.2. The van der Waals surface area contributed by atoms with E-state index in [1.54, 1.807) is 36.4 Å². The summed E-state index contributed by atoms with van der Waals surface area (Å²) in [6, 6.07) is 10.2. The Morgan fingerprint density at radius 3 is 1.73 bits per heavy atom. The highest BCUT2D eigenvalue weighted by molar-refractivity contribution is 7.99. The standard InChI is InChI=1S/C16H12O5S/c1-19-15(17)9-3-5-11-13(7-9)22-14-8-10(16(18)20-2)4-6-12(14)21-11/h3-8H,1-2H3. The molecule has 6 heteroatoms. The molecule has 112 valence electrons. The van der Waals surface area contributed by atoms with Crippen molar-refractivity contribution in [3.05, 3.63) is 47.5 Å². The molecular weight excluding hydrogens is 304 g/mol. The van der Waals surface area contributed by atoms with Crippen LogP contribution in [-0.2, 0) is 9.47 Å². The minimum atomic E-state index is -0.405. The van der Waals surface area contributed by atoms with Crippen molar-refractivity contribution in [2.24, 2.45) is 0 Å². The van der Waals surface area contributed by atoms with Crippen LogP contribution < -0.4 is 4.74 Å². The van der Waals surface area contributed by atoms with E-state index in [-0.39, 0.29) is 0 Å². The van der Waals surface area contributed by atoms with Crippen LogP contribution in [0.2, 0.25) is 0 Å². The molecule has 2 aromatic carbocycles. The first-order chi connectivity index (χ1) is 10.6. The van der Waals surface area contributed by atoms with Crippen molar-refractivity contribution in [1.82, 2.24) is 0 Å². The number of carbonyl (C=O) groups is 2. The summed E-state index contributed by atoms with van der Waals surface area (Å²) in [7, 11) is 2.67. The van der Waals surface area contributed by atoms with Gasteiger partial charge in [-0.25, -0.2) is 9.59 Å². The zero-order valence-electron chi connectivity index (χ0n) is 11.9. The van der Waals surface area contributed by atoms with Gasteiger partial charge in [0.1, 0.15) is 11.5 Å². The number of esters is 2. The summed E-state index contributed by atoms with van der Waals surface area (Å²) in [5.74, 6) is 0.516. The molecule has 0 unspecified atom stereocenters. The Hall–Kier alpha value is -2.47. The van der Waals surface area contributed by atoms with E-state index in [4.69, 9.17) is 14.2 Å². The lowest BCUT2D eigenvalue weighted by molar-refractivity contribution is 0.0591. The number of hydrogen-bond acceptors (Lipinski definition) is 6. The predicted octanol–water partition coefficient (Wildman–Crippen LogP) is 3.52. The summed E-state index contributed by atoms with van der Waals surface area (Å²) in [4.78, 5) is 24.8. The molecule has 0 bridgehead atoms. The van der Waals surface area contributed by atoms with Crippen LogP contribution in [0.5, 0.6) is 11.5 Å². The summed E-state index contributed by atoms with van der Waals surface area (Å²) in [5, 5.41) is 0. The van der Waals surface area contributed by atoms with Crippen molar-refractivity contribution in [2.45, 2.75) is 9.79 Å². The summed E-state index contributed by atoms with van der Waals surface area (Å²) in [5.41, 5.74) is 0.898. The monoisotopic (exact) mass is 316 g/mol. The summed E-state index contributed by atoms with van der Waals surface area (Å²) >= 11 is 1.43. The van der Waals surface area contributed by atoms with Crippen LogP contribution in [0.3, 0.4) is 0 Å². The first-order valence-corrected chi connectivity index (χ1v) is 7.24. The van der Waals surface area contributed by atoms with Gasteiger partial charge in [0, 0.05) is 0 Å². The molecule has 0 amide bonds. The number of hydrogen-bond donors (Lipinski definition) is 0. The number of carbonyl (C=O) groups excluding carboxylic acids is 2. The van der Waals surface area contributed by atoms with E-state index in [1.807, 2.05) is 0 Å². The minimum absolute atomic E-state index is 0.405. The Balaban J connectivity index is 1.96. The number of benzene rings is 2. The quantitative estimate of drug-likeness (QED) is 0.674. The third kappa shape index (κ3) is 2.53. The molecule has 0 atom stereocenters. The molecule has 0 radical (unpaired) electrons. The summed E-state index contributed by atoms with van der Waals surface area (Å²) in [6.07, 6.45) is 0. The lowest BCUT2D eigenvalue weighted by Crippen LogP contribution is -2.04. The van der Waals surface area contributed by atoms with Gasteiger partial charge >= 0.3 is 11.9 Å². The van der Waals surface area contributed by atoms with Crippen molar-refractivity contribution in [3.8, 4) is 11.5 Å². The van der Waals surface area contributed by atoms with Crippen molar-refractivity contribution < 1.29 is 23.8 Å². The third-order valence-electron chi connectivity index (χ3n) is 3.17. The maximum Gasteiger partial charge on any atom is 0.337 e. The van der Waals surface area contributed by atoms with Gasteiger partial charge in [-0.1, -0.05) is 11.8 Å². The molecule has 1 heterocycles. The van der Waals surface area contributed by atoms with Crippen molar-refractivity contribution in [2.75, 3.05) is 14.2 Å². The second-order valence-corrected chi connectivity index (χ2v) is 5.59. The van der Waals surface area contributed by atoms with Gasteiger partial charge in [-0.05, 0) is 36.4 Å².